The van der Waals surface area contributed by atoms with Crippen molar-refractivity contribution in [3.05, 3.63) is 28.2 Å². The topological polar surface area (TPSA) is 92.4 Å². The third-order valence-electron chi connectivity index (χ3n) is 2.27. The molecule has 0 radical (unpaired) electrons. The van der Waals surface area contributed by atoms with Crippen molar-refractivity contribution >= 4 is 33.5 Å². The molecule has 0 aliphatic carbocycles. The highest BCUT2D eigenvalue weighted by molar-refractivity contribution is 9.10. The lowest BCUT2D eigenvalue weighted by Crippen LogP contribution is -2.35. The minimum atomic E-state index is -1.10. The molecule has 1 unspecified atom stereocenters. The maximum Gasteiger partial charge on any atom is 0.337 e. The number of benzene rings is 1. The second-order valence-electron chi connectivity index (χ2n) is 3.47. The second-order valence-corrected chi connectivity index (χ2v) is 4.33. The first-order valence-corrected chi connectivity index (χ1v) is 5.85. The fourth-order valence-electron chi connectivity index (χ4n) is 1.23. The molecule has 5 nitrogen and oxygen atoms in total. The number of rotatable bonds is 4. The van der Waals surface area contributed by atoms with E-state index in [4.69, 9.17) is 10.8 Å². The van der Waals surface area contributed by atoms with E-state index in [-0.39, 0.29) is 11.3 Å². The summed E-state index contributed by atoms with van der Waals surface area (Å²) >= 11 is 3.20. The predicted molar refractivity (Wildman–Crippen MR) is 68.0 cm³/mol. The summed E-state index contributed by atoms with van der Waals surface area (Å²) in [5, 5.41) is 11.5. The van der Waals surface area contributed by atoms with Crippen molar-refractivity contribution < 1.29 is 14.7 Å². The zero-order valence-electron chi connectivity index (χ0n) is 9.24. The largest absolute Gasteiger partial charge is 0.478 e. The highest BCUT2D eigenvalue weighted by Crippen LogP contribution is 2.26. The minimum absolute atomic E-state index is 0.0241. The molecule has 0 saturated heterocycles. The summed E-state index contributed by atoms with van der Waals surface area (Å²) in [6.07, 6.45) is 0.485. The molecule has 1 aromatic rings. The molecule has 1 rings (SSSR count). The predicted octanol–water partition coefficient (Wildman–Crippen LogP) is 1.82. The van der Waals surface area contributed by atoms with Crippen LogP contribution in [-0.2, 0) is 4.79 Å². The summed E-state index contributed by atoms with van der Waals surface area (Å²) < 4.78 is 0.508. The van der Waals surface area contributed by atoms with Gasteiger partial charge < -0.3 is 16.2 Å². The molecule has 0 bridgehead atoms. The Hall–Kier alpha value is -1.40. The van der Waals surface area contributed by atoms with E-state index in [9.17, 15) is 9.59 Å². The van der Waals surface area contributed by atoms with Crippen LogP contribution in [0.25, 0.3) is 0 Å². The van der Waals surface area contributed by atoms with Crippen molar-refractivity contribution in [2.75, 3.05) is 5.32 Å². The van der Waals surface area contributed by atoms with E-state index < -0.39 is 17.9 Å². The van der Waals surface area contributed by atoms with E-state index in [0.29, 0.717) is 10.9 Å². The number of carbonyl (C=O) groups excluding carboxylic acids is 1. The summed E-state index contributed by atoms with van der Waals surface area (Å²) in [6.45, 7) is 1.78. The Balaban J connectivity index is 3.05. The SMILES string of the molecule is CCC(N)C(=O)Nc1c(Br)cccc1C(=O)O. The van der Waals surface area contributed by atoms with E-state index in [2.05, 4.69) is 21.2 Å². The Bertz CT molecular complexity index is 448. The molecule has 17 heavy (non-hydrogen) atoms. The van der Waals surface area contributed by atoms with Crippen LogP contribution in [0.15, 0.2) is 22.7 Å². The molecule has 6 heteroatoms. The lowest BCUT2D eigenvalue weighted by atomic mass is 10.1. The number of hydrogen-bond acceptors (Lipinski definition) is 3. The number of hydrogen-bond donors (Lipinski definition) is 3. The number of amides is 1. The van der Waals surface area contributed by atoms with Crippen LogP contribution in [0, 0.1) is 0 Å². The van der Waals surface area contributed by atoms with Crippen LogP contribution < -0.4 is 11.1 Å². The van der Waals surface area contributed by atoms with Crippen LogP contribution in [0.4, 0.5) is 5.69 Å². The highest BCUT2D eigenvalue weighted by atomic mass is 79.9. The first-order valence-electron chi connectivity index (χ1n) is 5.05. The van der Waals surface area contributed by atoms with E-state index in [1.54, 1.807) is 19.1 Å². The fourth-order valence-corrected chi connectivity index (χ4v) is 1.70. The maximum atomic E-state index is 11.6. The van der Waals surface area contributed by atoms with Crippen LogP contribution in [0.1, 0.15) is 23.7 Å². The molecular weight excluding hydrogens is 288 g/mol. The van der Waals surface area contributed by atoms with Gasteiger partial charge in [-0.15, -0.1) is 0 Å². The molecule has 1 amide bonds. The van der Waals surface area contributed by atoms with Gasteiger partial charge in [-0.25, -0.2) is 4.79 Å². The highest BCUT2D eigenvalue weighted by Gasteiger charge is 2.17. The van der Waals surface area contributed by atoms with Crippen molar-refractivity contribution in [2.24, 2.45) is 5.73 Å². The number of nitrogens with one attached hydrogen (secondary N) is 1. The molecule has 4 N–H and O–H groups in total. The third-order valence-corrected chi connectivity index (χ3v) is 2.93. The van der Waals surface area contributed by atoms with Gasteiger partial charge in [-0.1, -0.05) is 13.0 Å². The van der Waals surface area contributed by atoms with Crippen LogP contribution >= 0.6 is 15.9 Å². The maximum absolute atomic E-state index is 11.6. The number of carboxylic acid groups (broad SMARTS) is 1. The summed E-state index contributed by atoms with van der Waals surface area (Å²) in [5.41, 5.74) is 5.82. The average molecular weight is 301 g/mol. The van der Waals surface area contributed by atoms with Crippen LogP contribution in [0.3, 0.4) is 0 Å². The fraction of sp³-hybridized carbons (Fsp3) is 0.273. The lowest BCUT2D eigenvalue weighted by molar-refractivity contribution is -0.117. The molecule has 0 saturated carbocycles. The van der Waals surface area contributed by atoms with Crippen molar-refractivity contribution in [3.8, 4) is 0 Å². The van der Waals surface area contributed by atoms with Gasteiger partial charge in [0.05, 0.1) is 17.3 Å². The Labute approximate surface area is 107 Å². The molecule has 0 spiro atoms. The number of para-hydroxylation sites is 1. The Kier molecular flexibility index (Phi) is 4.65. The Morgan fingerprint density at radius 3 is 2.71 bits per heavy atom. The van der Waals surface area contributed by atoms with Crippen LogP contribution in [0.5, 0.6) is 0 Å². The van der Waals surface area contributed by atoms with E-state index in [1.807, 2.05) is 0 Å². The molecule has 0 fully saturated rings. The summed E-state index contributed by atoms with van der Waals surface area (Å²) in [6, 6.07) is 4.01. The summed E-state index contributed by atoms with van der Waals surface area (Å²) in [5.74, 6) is -1.51. The zero-order valence-corrected chi connectivity index (χ0v) is 10.8. The van der Waals surface area contributed by atoms with Gasteiger partial charge in [0.25, 0.3) is 0 Å². The minimum Gasteiger partial charge on any atom is -0.478 e. The number of carboxylic acids is 1. The summed E-state index contributed by atoms with van der Waals surface area (Å²) in [7, 11) is 0. The second kappa shape index (κ2) is 5.79. The number of nitrogens with two attached hydrogens (primary N) is 1. The smallest absolute Gasteiger partial charge is 0.337 e. The van der Waals surface area contributed by atoms with E-state index in [0.717, 1.165) is 0 Å². The molecule has 1 atom stereocenters. The number of anilines is 1. The van der Waals surface area contributed by atoms with E-state index in [1.165, 1.54) is 6.07 Å². The van der Waals surface area contributed by atoms with Gasteiger partial charge >= 0.3 is 5.97 Å². The molecular formula is C11H13BrN2O3. The van der Waals surface area contributed by atoms with Gasteiger partial charge in [-0.05, 0) is 34.5 Å². The first-order chi connectivity index (χ1) is 7.97. The average Bonchev–Trinajstić information content (AvgIpc) is 2.30. The zero-order chi connectivity index (χ0) is 13.0. The van der Waals surface area contributed by atoms with Gasteiger partial charge in [-0.3, -0.25) is 4.79 Å². The lowest BCUT2D eigenvalue weighted by Gasteiger charge is -2.13. The van der Waals surface area contributed by atoms with Gasteiger partial charge in [0.15, 0.2) is 0 Å². The monoisotopic (exact) mass is 300 g/mol. The molecule has 0 aliphatic heterocycles. The quantitative estimate of drug-likeness (QED) is 0.791. The molecule has 0 aromatic heterocycles. The van der Waals surface area contributed by atoms with E-state index >= 15 is 0 Å². The van der Waals surface area contributed by atoms with Crippen LogP contribution in [-0.4, -0.2) is 23.0 Å². The molecule has 92 valence electrons. The number of halogens is 1. The molecule has 0 aliphatic rings. The van der Waals surface area contributed by atoms with Gasteiger partial charge in [0.1, 0.15) is 0 Å². The number of carbonyl (C=O) groups is 2. The van der Waals surface area contributed by atoms with Crippen molar-refractivity contribution in [1.29, 1.82) is 0 Å². The van der Waals surface area contributed by atoms with Crippen molar-refractivity contribution in [2.45, 2.75) is 19.4 Å². The summed E-state index contributed by atoms with van der Waals surface area (Å²) in [4.78, 5) is 22.6. The first kappa shape index (κ1) is 13.7. The van der Waals surface area contributed by atoms with Crippen molar-refractivity contribution in [1.82, 2.24) is 0 Å². The van der Waals surface area contributed by atoms with Gasteiger partial charge in [0, 0.05) is 4.47 Å². The van der Waals surface area contributed by atoms with Crippen molar-refractivity contribution in [3.63, 3.8) is 0 Å². The molecule has 1 aromatic carbocycles. The normalized spacial score (nSPS) is 11.9. The van der Waals surface area contributed by atoms with Gasteiger partial charge in [0.2, 0.25) is 5.91 Å². The number of aromatic carboxylic acids is 1. The standard InChI is InChI=1S/C11H13BrN2O3/c1-2-8(13)10(15)14-9-6(11(16)17)4-3-5-7(9)12/h3-5,8H,2,13H2,1H3,(H,14,15)(H,16,17). The third kappa shape index (κ3) is 3.28. The van der Waals surface area contributed by atoms with Crippen LogP contribution in [0.2, 0.25) is 0 Å². The Morgan fingerprint density at radius 2 is 2.18 bits per heavy atom. The van der Waals surface area contributed by atoms with Gasteiger partial charge in [-0.2, -0.15) is 0 Å². The molecule has 0 heterocycles. The Morgan fingerprint density at radius 1 is 1.53 bits per heavy atom.